The Morgan fingerprint density at radius 1 is 1.35 bits per heavy atom. The Labute approximate surface area is 130 Å². The van der Waals surface area contributed by atoms with Crippen molar-refractivity contribution in [3.63, 3.8) is 0 Å². The number of aryl methyl sites for hydroxylation is 1. The third kappa shape index (κ3) is 3.45. The lowest BCUT2D eigenvalue weighted by atomic mass is 9.99. The number of hydrogen-bond donors (Lipinski definition) is 1. The summed E-state index contributed by atoms with van der Waals surface area (Å²) in [5.41, 5.74) is 1.53. The molecule has 0 bridgehead atoms. The van der Waals surface area contributed by atoms with E-state index in [9.17, 15) is 8.78 Å². The van der Waals surface area contributed by atoms with Gasteiger partial charge in [-0.2, -0.15) is 0 Å². The van der Waals surface area contributed by atoms with Crippen LogP contribution in [0.15, 0.2) is 28.1 Å². The van der Waals surface area contributed by atoms with E-state index in [1.807, 2.05) is 19.9 Å². The topological polar surface area (TPSA) is 12.0 Å². The first-order chi connectivity index (χ1) is 9.52. The first-order valence-corrected chi connectivity index (χ1v) is 8.06. The van der Waals surface area contributed by atoms with E-state index < -0.39 is 11.6 Å². The van der Waals surface area contributed by atoms with Gasteiger partial charge in [0.15, 0.2) is 11.6 Å². The molecule has 1 atom stereocenters. The van der Waals surface area contributed by atoms with Crippen molar-refractivity contribution in [3.8, 4) is 0 Å². The third-order valence-corrected chi connectivity index (χ3v) is 4.78. The van der Waals surface area contributed by atoms with Crippen molar-refractivity contribution in [2.75, 3.05) is 6.54 Å². The average molecular weight is 360 g/mol. The largest absolute Gasteiger partial charge is 0.310 e. The number of thiophene rings is 1. The molecule has 0 aliphatic rings. The van der Waals surface area contributed by atoms with Crippen LogP contribution in [0.5, 0.6) is 0 Å². The summed E-state index contributed by atoms with van der Waals surface area (Å²) in [6.07, 6.45) is 0.432. The van der Waals surface area contributed by atoms with Crippen LogP contribution < -0.4 is 5.32 Å². The monoisotopic (exact) mass is 359 g/mol. The van der Waals surface area contributed by atoms with Crippen molar-refractivity contribution >= 4 is 27.3 Å². The molecule has 0 aliphatic heterocycles. The van der Waals surface area contributed by atoms with Crippen molar-refractivity contribution in [1.29, 1.82) is 0 Å². The molecule has 0 saturated heterocycles. The molecule has 1 N–H and O–H groups in total. The Morgan fingerprint density at radius 3 is 2.70 bits per heavy atom. The van der Waals surface area contributed by atoms with Gasteiger partial charge in [-0.15, -0.1) is 11.3 Å². The van der Waals surface area contributed by atoms with Crippen LogP contribution in [0, 0.1) is 18.6 Å². The molecule has 2 rings (SSSR count). The lowest BCUT2D eigenvalue weighted by molar-refractivity contribution is 0.481. The second-order valence-electron chi connectivity index (χ2n) is 4.59. The Morgan fingerprint density at radius 2 is 2.10 bits per heavy atom. The quantitative estimate of drug-likeness (QED) is 0.792. The normalized spacial score (nSPS) is 12.7. The molecule has 20 heavy (non-hydrogen) atoms. The zero-order chi connectivity index (χ0) is 14.7. The summed E-state index contributed by atoms with van der Waals surface area (Å²) in [5.74, 6) is -1.54. The van der Waals surface area contributed by atoms with Crippen LogP contribution in [0.1, 0.15) is 29.0 Å². The molecule has 0 spiro atoms. The first-order valence-electron chi connectivity index (χ1n) is 6.45. The van der Waals surface area contributed by atoms with E-state index >= 15 is 0 Å². The second-order valence-corrected chi connectivity index (χ2v) is 7.22. The first kappa shape index (κ1) is 15.6. The number of hydrogen-bond acceptors (Lipinski definition) is 2. The molecule has 0 aliphatic carbocycles. The van der Waals surface area contributed by atoms with Crippen molar-refractivity contribution in [3.05, 3.63) is 55.7 Å². The Hall–Kier alpha value is -0.780. The van der Waals surface area contributed by atoms with Crippen molar-refractivity contribution in [2.24, 2.45) is 0 Å². The predicted octanol–water partition coefficient (Wildman–Crippen LogP) is 4.99. The van der Waals surface area contributed by atoms with Crippen LogP contribution in [0.4, 0.5) is 8.78 Å². The fourth-order valence-electron chi connectivity index (χ4n) is 2.27. The molecule has 1 nitrogen and oxygen atoms in total. The minimum Gasteiger partial charge on any atom is -0.310 e. The number of likely N-dealkylation sites (N-methyl/N-ethyl adjacent to an activating group) is 1. The lowest BCUT2D eigenvalue weighted by Gasteiger charge is -2.18. The summed E-state index contributed by atoms with van der Waals surface area (Å²) in [6.45, 7) is 4.82. The van der Waals surface area contributed by atoms with Crippen molar-refractivity contribution in [2.45, 2.75) is 26.3 Å². The van der Waals surface area contributed by atoms with Crippen LogP contribution in [0.3, 0.4) is 0 Å². The zero-order valence-corrected chi connectivity index (χ0v) is 13.7. The molecular formula is C15H16BrF2NS. The molecular weight excluding hydrogens is 344 g/mol. The fourth-order valence-corrected chi connectivity index (χ4v) is 4.04. The maximum Gasteiger partial charge on any atom is 0.162 e. The van der Waals surface area contributed by atoms with Crippen LogP contribution in [0.25, 0.3) is 0 Å². The van der Waals surface area contributed by atoms with Gasteiger partial charge < -0.3 is 5.32 Å². The molecule has 0 radical (unpaired) electrons. The number of rotatable bonds is 5. The molecule has 108 valence electrons. The molecule has 0 fully saturated rings. The van der Waals surface area contributed by atoms with Gasteiger partial charge in [-0.05, 0) is 59.1 Å². The maximum atomic E-state index is 13.8. The van der Waals surface area contributed by atoms with Gasteiger partial charge in [-0.25, -0.2) is 8.78 Å². The number of halogens is 3. The molecule has 1 heterocycles. The van der Waals surface area contributed by atoms with E-state index in [1.165, 1.54) is 4.88 Å². The van der Waals surface area contributed by atoms with E-state index in [-0.39, 0.29) is 6.04 Å². The van der Waals surface area contributed by atoms with Crippen molar-refractivity contribution in [1.82, 2.24) is 5.32 Å². The van der Waals surface area contributed by atoms with Gasteiger partial charge in [0.05, 0.1) is 3.79 Å². The third-order valence-electron chi connectivity index (χ3n) is 3.21. The number of nitrogens with one attached hydrogen (secondary N) is 1. The summed E-state index contributed by atoms with van der Waals surface area (Å²) in [5, 5.41) is 3.34. The van der Waals surface area contributed by atoms with Crippen molar-refractivity contribution < 1.29 is 8.78 Å². The SMILES string of the molecule is CCNC(Cc1cccc(F)c1F)c1cc(Br)sc1C. The van der Waals surface area contributed by atoms with E-state index in [0.29, 0.717) is 12.0 Å². The lowest BCUT2D eigenvalue weighted by Crippen LogP contribution is -2.23. The molecule has 1 aromatic heterocycles. The van der Waals surface area contributed by atoms with Gasteiger partial charge in [0.25, 0.3) is 0 Å². The Bertz CT molecular complexity index is 598. The molecule has 5 heteroatoms. The molecule has 1 aromatic carbocycles. The minimum atomic E-state index is -0.791. The highest BCUT2D eigenvalue weighted by Crippen LogP contribution is 2.32. The number of benzene rings is 1. The maximum absolute atomic E-state index is 13.8. The van der Waals surface area contributed by atoms with Crippen LogP contribution in [0.2, 0.25) is 0 Å². The smallest absolute Gasteiger partial charge is 0.162 e. The highest BCUT2D eigenvalue weighted by atomic mass is 79.9. The van der Waals surface area contributed by atoms with E-state index in [1.54, 1.807) is 23.5 Å². The average Bonchev–Trinajstić information content (AvgIpc) is 2.73. The highest BCUT2D eigenvalue weighted by Gasteiger charge is 2.18. The van der Waals surface area contributed by atoms with Crippen LogP contribution in [-0.4, -0.2) is 6.54 Å². The molecule has 1 unspecified atom stereocenters. The highest BCUT2D eigenvalue weighted by molar-refractivity contribution is 9.11. The summed E-state index contributed by atoms with van der Waals surface area (Å²) in [7, 11) is 0. The zero-order valence-electron chi connectivity index (χ0n) is 11.3. The molecule has 0 amide bonds. The van der Waals surface area contributed by atoms with Gasteiger partial charge in [0.1, 0.15) is 0 Å². The fraction of sp³-hybridized carbons (Fsp3) is 0.333. The summed E-state index contributed by atoms with van der Waals surface area (Å²) in [6, 6.07) is 6.36. The van der Waals surface area contributed by atoms with Gasteiger partial charge in [-0.3, -0.25) is 0 Å². The van der Waals surface area contributed by atoms with E-state index in [2.05, 4.69) is 21.2 Å². The molecule has 0 saturated carbocycles. The summed E-state index contributed by atoms with van der Waals surface area (Å²) >= 11 is 5.12. The van der Waals surface area contributed by atoms with Gasteiger partial charge in [0, 0.05) is 10.9 Å². The van der Waals surface area contributed by atoms with E-state index in [4.69, 9.17) is 0 Å². The standard InChI is InChI=1S/C15H16BrF2NS/c1-3-19-13(11-8-14(16)20-9(11)2)7-10-5-4-6-12(17)15(10)18/h4-6,8,13,19H,3,7H2,1-2H3. The van der Waals surface area contributed by atoms with Crippen LogP contribution in [-0.2, 0) is 6.42 Å². The second kappa shape index (κ2) is 6.78. The summed E-state index contributed by atoms with van der Waals surface area (Å²) < 4.78 is 28.2. The van der Waals surface area contributed by atoms with Crippen LogP contribution >= 0.6 is 27.3 Å². The van der Waals surface area contributed by atoms with Gasteiger partial charge in [-0.1, -0.05) is 19.1 Å². The molecule has 2 aromatic rings. The van der Waals surface area contributed by atoms with Gasteiger partial charge >= 0.3 is 0 Å². The van der Waals surface area contributed by atoms with E-state index in [0.717, 1.165) is 22.0 Å². The predicted molar refractivity (Wildman–Crippen MR) is 83.2 cm³/mol. The minimum absolute atomic E-state index is 0.0150. The van der Waals surface area contributed by atoms with Gasteiger partial charge in [0.2, 0.25) is 0 Å². The summed E-state index contributed by atoms with van der Waals surface area (Å²) in [4.78, 5) is 1.18. The Kier molecular flexibility index (Phi) is 5.29. The Balaban J connectivity index is 2.30.